The zero-order valence-corrected chi connectivity index (χ0v) is 10.6. The minimum absolute atomic E-state index is 0.116. The summed E-state index contributed by atoms with van der Waals surface area (Å²) >= 11 is 0. The molecule has 19 heavy (non-hydrogen) atoms. The van der Waals surface area contributed by atoms with Gasteiger partial charge in [-0.25, -0.2) is 4.39 Å². The van der Waals surface area contributed by atoms with Crippen LogP contribution in [0.2, 0.25) is 0 Å². The van der Waals surface area contributed by atoms with Gasteiger partial charge in [0.25, 0.3) is 0 Å². The summed E-state index contributed by atoms with van der Waals surface area (Å²) in [5.74, 6) is 0.0882. The summed E-state index contributed by atoms with van der Waals surface area (Å²) in [5, 5.41) is 9.19. The van der Waals surface area contributed by atoms with E-state index in [1.165, 1.54) is 6.07 Å². The Bertz CT molecular complexity index is 570. The monoisotopic (exact) mass is 261 g/mol. The number of para-hydroxylation sites is 1. The van der Waals surface area contributed by atoms with Crippen molar-refractivity contribution >= 4 is 0 Å². The zero-order chi connectivity index (χ0) is 13.8. The average Bonchev–Trinajstić information content (AvgIpc) is 2.41. The summed E-state index contributed by atoms with van der Waals surface area (Å²) in [6.45, 7) is 1.63. The largest absolute Gasteiger partial charge is 0.454 e. The van der Waals surface area contributed by atoms with Crippen LogP contribution >= 0.6 is 0 Å². The Morgan fingerprint density at radius 3 is 2.58 bits per heavy atom. The molecule has 4 heteroatoms. The van der Waals surface area contributed by atoms with Crippen molar-refractivity contribution < 1.29 is 14.2 Å². The maximum absolute atomic E-state index is 13.9. The lowest BCUT2D eigenvalue weighted by molar-refractivity contribution is 0.276. The Kier molecular flexibility index (Phi) is 4.14. The number of hydrogen-bond donors (Lipinski definition) is 2. The van der Waals surface area contributed by atoms with E-state index in [4.69, 9.17) is 10.5 Å². The second-order valence-electron chi connectivity index (χ2n) is 4.35. The van der Waals surface area contributed by atoms with Crippen molar-refractivity contribution in [3.05, 3.63) is 59.4 Å². The molecule has 0 aliphatic carbocycles. The van der Waals surface area contributed by atoms with E-state index in [1.54, 1.807) is 43.3 Å². The third kappa shape index (κ3) is 3.10. The van der Waals surface area contributed by atoms with Crippen LogP contribution in [0.15, 0.2) is 42.5 Å². The lowest BCUT2D eigenvalue weighted by Gasteiger charge is -2.12. The second kappa shape index (κ2) is 5.82. The number of hydrogen-bond acceptors (Lipinski definition) is 3. The summed E-state index contributed by atoms with van der Waals surface area (Å²) < 4.78 is 19.4. The molecule has 3 nitrogen and oxygen atoms in total. The Hall–Kier alpha value is -1.91. The Morgan fingerprint density at radius 1 is 1.21 bits per heavy atom. The summed E-state index contributed by atoms with van der Waals surface area (Å²) in [6, 6.07) is 11.4. The van der Waals surface area contributed by atoms with Gasteiger partial charge in [0, 0.05) is 11.6 Å². The van der Waals surface area contributed by atoms with Gasteiger partial charge in [-0.15, -0.1) is 0 Å². The molecule has 0 spiro atoms. The fraction of sp³-hybridized carbons (Fsp3) is 0.200. The van der Waals surface area contributed by atoms with Gasteiger partial charge in [-0.1, -0.05) is 24.3 Å². The lowest BCUT2D eigenvalue weighted by Crippen LogP contribution is -2.05. The first kappa shape index (κ1) is 13.5. The molecule has 2 rings (SSSR count). The first-order valence-corrected chi connectivity index (χ1v) is 6.03. The normalized spacial score (nSPS) is 12.2. The summed E-state index contributed by atoms with van der Waals surface area (Å²) in [7, 11) is 0. The number of nitrogens with two attached hydrogens (primary N) is 1. The molecule has 1 unspecified atom stereocenters. The molecular weight excluding hydrogens is 245 g/mol. The van der Waals surface area contributed by atoms with Crippen LogP contribution < -0.4 is 10.5 Å². The summed E-state index contributed by atoms with van der Waals surface area (Å²) in [5.41, 5.74) is 7.01. The van der Waals surface area contributed by atoms with E-state index in [-0.39, 0.29) is 18.4 Å². The molecule has 0 radical (unpaired) electrons. The molecule has 1 atom stereocenters. The van der Waals surface area contributed by atoms with Crippen molar-refractivity contribution in [2.24, 2.45) is 5.73 Å². The minimum Gasteiger partial charge on any atom is -0.454 e. The molecule has 0 aliphatic rings. The maximum atomic E-state index is 13.9. The second-order valence-corrected chi connectivity index (χ2v) is 4.35. The first-order valence-electron chi connectivity index (χ1n) is 6.03. The van der Waals surface area contributed by atoms with Crippen LogP contribution in [0, 0.1) is 5.82 Å². The molecule has 2 aromatic carbocycles. The van der Waals surface area contributed by atoms with Gasteiger partial charge in [-0.05, 0) is 30.7 Å². The molecular formula is C15H16FNO2. The molecule has 0 fully saturated rings. The van der Waals surface area contributed by atoms with E-state index in [0.717, 1.165) is 0 Å². The van der Waals surface area contributed by atoms with Crippen LogP contribution in [-0.4, -0.2) is 5.11 Å². The van der Waals surface area contributed by atoms with Crippen LogP contribution in [0.1, 0.15) is 24.1 Å². The molecule has 0 saturated heterocycles. The Labute approximate surface area is 111 Å². The fourth-order valence-electron chi connectivity index (χ4n) is 1.74. The number of aliphatic hydroxyl groups is 1. The molecule has 0 aliphatic heterocycles. The van der Waals surface area contributed by atoms with Gasteiger partial charge in [0.2, 0.25) is 0 Å². The fourth-order valence-corrected chi connectivity index (χ4v) is 1.74. The number of ether oxygens (including phenoxy) is 1. The van der Waals surface area contributed by atoms with Crippen molar-refractivity contribution in [3.63, 3.8) is 0 Å². The molecule has 100 valence electrons. The van der Waals surface area contributed by atoms with Crippen molar-refractivity contribution in [1.82, 2.24) is 0 Å². The Balaban J connectivity index is 2.28. The SMILES string of the molecule is CC(N)c1ccc(Oc2ccccc2CO)c(F)c1. The van der Waals surface area contributed by atoms with Gasteiger partial charge in [0.05, 0.1) is 6.61 Å². The number of aliphatic hydroxyl groups excluding tert-OH is 1. The van der Waals surface area contributed by atoms with Gasteiger partial charge in [-0.3, -0.25) is 0 Å². The van der Waals surface area contributed by atoms with Gasteiger partial charge in [0.1, 0.15) is 5.75 Å². The van der Waals surface area contributed by atoms with E-state index in [0.29, 0.717) is 16.9 Å². The maximum Gasteiger partial charge on any atom is 0.166 e. The third-order valence-electron chi connectivity index (χ3n) is 2.84. The van der Waals surface area contributed by atoms with Crippen molar-refractivity contribution in [2.75, 3.05) is 0 Å². The van der Waals surface area contributed by atoms with Crippen molar-refractivity contribution in [1.29, 1.82) is 0 Å². The number of benzene rings is 2. The van der Waals surface area contributed by atoms with Crippen LogP contribution in [0.25, 0.3) is 0 Å². The highest BCUT2D eigenvalue weighted by atomic mass is 19.1. The van der Waals surface area contributed by atoms with Crippen LogP contribution in [0.3, 0.4) is 0 Å². The lowest BCUT2D eigenvalue weighted by atomic mass is 10.1. The predicted molar refractivity (Wildman–Crippen MR) is 71.4 cm³/mol. The Morgan fingerprint density at radius 2 is 1.95 bits per heavy atom. The number of rotatable bonds is 4. The standard InChI is InChI=1S/C15H16FNO2/c1-10(17)11-6-7-15(13(16)8-11)19-14-5-3-2-4-12(14)9-18/h2-8,10,18H,9,17H2,1H3. The molecule has 0 aromatic heterocycles. The van der Waals surface area contributed by atoms with Crippen molar-refractivity contribution in [3.8, 4) is 11.5 Å². The van der Waals surface area contributed by atoms with Gasteiger partial charge in [-0.2, -0.15) is 0 Å². The molecule has 0 bridgehead atoms. The highest BCUT2D eigenvalue weighted by molar-refractivity contribution is 5.39. The molecule has 0 amide bonds. The predicted octanol–water partition coefficient (Wildman–Crippen LogP) is 3.13. The van der Waals surface area contributed by atoms with E-state index in [9.17, 15) is 9.50 Å². The van der Waals surface area contributed by atoms with Crippen LogP contribution in [0.5, 0.6) is 11.5 Å². The number of halogens is 1. The van der Waals surface area contributed by atoms with E-state index >= 15 is 0 Å². The first-order chi connectivity index (χ1) is 9.11. The summed E-state index contributed by atoms with van der Waals surface area (Å²) in [4.78, 5) is 0. The highest BCUT2D eigenvalue weighted by Crippen LogP contribution is 2.28. The van der Waals surface area contributed by atoms with Gasteiger partial charge >= 0.3 is 0 Å². The molecule has 0 saturated carbocycles. The third-order valence-corrected chi connectivity index (χ3v) is 2.84. The minimum atomic E-state index is -0.470. The average molecular weight is 261 g/mol. The topological polar surface area (TPSA) is 55.5 Å². The van der Waals surface area contributed by atoms with E-state index in [1.807, 2.05) is 0 Å². The highest BCUT2D eigenvalue weighted by Gasteiger charge is 2.10. The van der Waals surface area contributed by atoms with Crippen LogP contribution in [0.4, 0.5) is 4.39 Å². The van der Waals surface area contributed by atoms with Gasteiger partial charge < -0.3 is 15.6 Å². The van der Waals surface area contributed by atoms with E-state index in [2.05, 4.69) is 0 Å². The quantitative estimate of drug-likeness (QED) is 0.889. The van der Waals surface area contributed by atoms with Gasteiger partial charge in [0.15, 0.2) is 11.6 Å². The zero-order valence-electron chi connectivity index (χ0n) is 10.6. The smallest absolute Gasteiger partial charge is 0.166 e. The molecule has 0 heterocycles. The molecule has 2 aromatic rings. The van der Waals surface area contributed by atoms with Crippen molar-refractivity contribution in [2.45, 2.75) is 19.6 Å². The van der Waals surface area contributed by atoms with Crippen LogP contribution in [-0.2, 0) is 6.61 Å². The summed E-state index contributed by atoms with van der Waals surface area (Å²) in [6.07, 6.45) is 0. The molecule has 3 N–H and O–H groups in total. The van der Waals surface area contributed by atoms with E-state index < -0.39 is 5.82 Å².